The van der Waals surface area contributed by atoms with Gasteiger partial charge in [0.1, 0.15) is 17.2 Å². The summed E-state index contributed by atoms with van der Waals surface area (Å²) in [6.07, 6.45) is -0.634. The topological polar surface area (TPSA) is 126 Å². The van der Waals surface area contributed by atoms with Gasteiger partial charge in [0, 0.05) is 24.4 Å². The van der Waals surface area contributed by atoms with Crippen LogP contribution >= 0.6 is 0 Å². The smallest absolute Gasteiger partial charge is 0.251 e. The first-order chi connectivity index (χ1) is 14.4. The van der Waals surface area contributed by atoms with Crippen LogP contribution in [0.4, 0.5) is 14.5 Å². The van der Waals surface area contributed by atoms with Crippen molar-refractivity contribution in [3.8, 4) is 0 Å². The minimum absolute atomic E-state index is 0.0214. The molecule has 1 aliphatic heterocycles. The number of hydrogen-bond donors (Lipinski definition) is 4. The standard InChI is InChI=1S/C20H20F2N4O4/c21-13-3-1-4-14(22)15(13)19-26-16(17(23)28)20(30-19)25-12-7-5-11(6-8-12)18(29)24-9-2-10-27/h1,3-8,16,20,25,27H,2,9-10H2,(H2,23,28)(H,24,29). The van der Waals surface area contributed by atoms with Gasteiger partial charge in [-0.15, -0.1) is 0 Å². The van der Waals surface area contributed by atoms with Crippen molar-refractivity contribution in [2.24, 2.45) is 10.7 Å². The lowest BCUT2D eigenvalue weighted by Gasteiger charge is -2.18. The highest BCUT2D eigenvalue weighted by Crippen LogP contribution is 2.24. The van der Waals surface area contributed by atoms with Gasteiger partial charge in [-0.25, -0.2) is 13.8 Å². The average Bonchev–Trinajstić information content (AvgIpc) is 3.12. The Kier molecular flexibility index (Phi) is 6.58. The molecule has 0 fully saturated rings. The van der Waals surface area contributed by atoms with Gasteiger partial charge in [0.05, 0.1) is 0 Å². The molecule has 158 valence electrons. The molecule has 3 rings (SSSR count). The summed E-state index contributed by atoms with van der Waals surface area (Å²) in [5, 5.41) is 14.3. The molecule has 2 aromatic rings. The van der Waals surface area contributed by atoms with Crippen molar-refractivity contribution in [2.45, 2.75) is 18.7 Å². The number of primary amides is 1. The Labute approximate surface area is 170 Å². The zero-order valence-electron chi connectivity index (χ0n) is 15.8. The second-order valence-corrected chi connectivity index (χ2v) is 6.47. The molecule has 8 nitrogen and oxygen atoms in total. The molecular weight excluding hydrogens is 398 g/mol. The first-order valence-corrected chi connectivity index (χ1v) is 9.14. The number of aliphatic imine (C=N–C) groups is 1. The third-order valence-corrected chi connectivity index (χ3v) is 4.33. The normalized spacial score (nSPS) is 17.8. The summed E-state index contributed by atoms with van der Waals surface area (Å²) in [7, 11) is 0. The van der Waals surface area contributed by atoms with Crippen molar-refractivity contribution in [1.29, 1.82) is 0 Å². The van der Waals surface area contributed by atoms with Crippen LogP contribution < -0.4 is 16.4 Å². The maximum atomic E-state index is 14.0. The molecule has 10 heteroatoms. The summed E-state index contributed by atoms with van der Waals surface area (Å²) >= 11 is 0. The maximum Gasteiger partial charge on any atom is 0.251 e. The third kappa shape index (κ3) is 4.71. The van der Waals surface area contributed by atoms with Crippen LogP contribution in [0.2, 0.25) is 0 Å². The molecule has 0 aliphatic carbocycles. The summed E-state index contributed by atoms with van der Waals surface area (Å²) in [6, 6.07) is 8.33. The Morgan fingerprint density at radius 3 is 2.40 bits per heavy atom. The van der Waals surface area contributed by atoms with E-state index in [-0.39, 0.29) is 18.4 Å². The number of hydrogen-bond acceptors (Lipinski definition) is 6. The summed E-state index contributed by atoms with van der Waals surface area (Å²) in [6.45, 7) is 0.324. The highest BCUT2D eigenvalue weighted by molar-refractivity contribution is 5.99. The lowest BCUT2D eigenvalue weighted by molar-refractivity contribution is -0.120. The van der Waals surface area contributed by atoms with E-state index in [9.17, 15) is 18.4 Å². The quantitative estimate of drug-likeness (QED) is 0.479. The molecule has 0 aromatic heterocycles. The van der Waals surface area contributed by atoms with E-state index in [1.807, 2.05) is 0 Å². The number of aliphatic hydroxyl groups is 1. The van der Waals surface area contributed by atoms with Crippen molar-refractivity contribution in [3.63, 3.8) is 0 Å². The number of anilines is 1. The molecule has 0 saturated carbocycles. The van der Waals surface area contributed by atoms with Gasteiger partial charge in [0.2, 0.25) is 18.0 Å². The van der Waals surface area contributed by atoms with Crippen LogP contribution in [0.3, 0.4) is 0 Å². The fourth-order valence-corrected chi connectivity index (χ4v) is 2.82. The molecule has 2 aromatic carbocycles. The highest BCUT2D eigenvalue weighted by atomic mass is 19.1. The largest absolute Gasteiger partial charge is 0.450 e. The van der Waals surface area contributed by atoms with Gasteiger partial charge in [-0.2, -0.15) is 0 Å². The van der Waals surface area contributed by atoms with Crippen LogP contribution in [-0.4, -0.2) is 48.2 Å². The van der Waals surface area contributed by atoms with Crippen LogP contribution in [0, 0.1) is 11.6 Å². The van der Waals surface area contributed by atoms with E-state index < -0.39 is 35.4 Å². The molecule has 1 aliphatic rings. The number of ether oxygens (including phenoxy) is 1. The monoisotopic (exact) mass is 418 g/mol. The van der Waals surface area contributed by atoms with E-state index in [0.717, 1.165) is 12.1 Å². The number of aliphatic hydroxyl groups excluding tert-OH is 1. The van der Waals surface area contributed by atoms with Gasteiger partial charge in [-0.3, -0.25) is 9.59 Å². The molecule has 1 heterocycles. The predicted octanol–water partition coefficient (Wildman–Crippen LogP) is 1.15. The first kappa shape index (κ1) is 21.2. The molecule has 0 saturated heterocycles. The van der Waals surface area contributed by atoms with E-state index in [4.69, 9.17) is 15.6 Å². The molecule has 0 spiro atoms. The average molecular weight is 418 g/mol. The second-order valence-electron chi connectivity index (χ2n) is 6.47. The molecule has 0 radical (unpaired) electrons. The van der Waals surface area contributed by atoms with Gasteiger partial charge in [-0.05, 0) is 42.8 Å². The van der Waals surface area contributed by atoms with E-state index in [1.54, 1.807) is 24.3 Å². The number of nitrogens with two attached hydrogens (primary N) is 1. The maximum absolute atomic E-state index is 14.0. The van der Waals surface area contributed by atoms with Crippen molar-refractivity contribution in [3.05, 3.63) is 65.2 Å². The zero-order valence-corrected chi connectivity index (χ0v) is 15.8. The lowest BCUT2D eigenvalue weighted by Crippen LogP contribution is -2.40. The Morgan fingerprint density at radius 1 is 1.13 bits per heavy atom. The Balaban J connectivity index is 1.72. The predicted molar refractivity (Wildman–Crippen MR) is 105 cm³/mol. The molecule has 0 bridgehead atoms. The SMILES string of the molecule is NC(=O)C1N=C(c2c(F)cccc2F)OC1Nc1ccc(C(=O)NCCCO)cc1. The Hall–Kier alpha value is -3.53. The zero-order chi connectivity index (χ0) is 21.7. The number of benzene rings is 2. The minimum Gasteiger partial charge on any atom is -0.450 e. The van der Waals surface area contributed by atoms with E-state index in [2.05, 4.69) is 15.6 Å². The van der Waals surface area contributed by atoms with Gasteiger partial charge >= 0.3 is 0 Å². The lowest BCUT2D eigenvalue weighted by atomic mass is 10.1. The number of rotatable bonds is 8. The van der Waals surface area contributed by atoms with Crippen LogP contribution in [0.15, 0.2) is 47.5 Å². The molecule has 2 atom stereocenters. The molecule has 2 unspecified atom stereocenters. The Morgan fingerprint density at radius 2 is 1.80 bits per heavy atom. The fraction of sp³-hybridized carbons (Fsp3) is 0.250. The number of carbonyl (C=O) groups is 2. The minimum atomic E-state index is -1.21. The number of nitrogens with zero attached hydrogens (tertiary/aromatic N) is 1. The van der Waals surface area contributed by atoms with Gasteiger partial charge in [-0.1, -0.05) is 6.07 Å². The van der Waals surface area contributed by atoms with Crippen molar-refractivity contribution in [1.82, 2.24) is 5.32 Å². The summed E-state index contributed by atoms with van der Waals surface area (Å²) in [5.41, 5.74) is 5.74. The number of amides is 2. The van der Waals surface area contributed by atoms with Crippen molar-refractivity contribution in [2.75, 3.05) is 18.5 Å². The first-order valence-electron chi connectivity index (χ1n) is 9.14. The molecule has 30 heavy (non-hydrogen) atoms. The summed E-state index contributed by atoms with van der Waals surface area (Å²) in [5.74, 6) is -3.27. The fourth-order valence-electron chi connectivity index (χ4n) is 2.82. The third-order valence-electron chi connectivity index (χ3n) is 4.33. The molecular formula is C20H20F2N4O4. The number of carbonyl (C=O) groups excluding carboxylic acids is 2. The highest BCUT2D eigenvalue weighted by Gasteiger charge is 2.37. The van der Waals surface area contributed by atoms with Crippen LogP contribution in [-0.2, 0) is 9.53 Å². The van der Waals surface area contributed by atoms with Crippen LogP contribution in [0.1, 0.15) is 22.3 Å². The number of nitrogens with one attached hydrogen (secondary N) is 2. The Bertz CT molecular complexity index is 946. The van der Waals surface area contributed by atoms with Gasteiger partial charge in [0.25, 0.3) is 5.91 Å². The summed E-state index contributed by atoms with van der Waals surface area (Å²) in [4.78, 5) is 27.7. The van der Waals surface area contributed by atoms with Crippen LogP contribution in [0.25, 0.3) is 0 Å². The second kappa shape index (κ2) is 9.31. The van der Waals surface area contributed by atoms with Crippen molar-refractivity contribution >= 4 is 23.4 Å². The van der Waals surface area contributed by atoms with Gasteiger partial charge in [0.15, 0.2) is 6.04 Å². The van der Waals surface area contributed by atoms with Crippen LogP contribution in [0.5, 0.6) is 0 Å². The van der Waals surface area contributed by atoms with E-state index >= 15 is 0 Å². The van der Waals surface area contributed by atoms with E-state index in [0.29, 0.717) is 24.2 Å². The van der Waals surface area contributed by atoms with E-state index in [1.165, 1.54) is 6.07 Å². The summed E-state index contributed by atoms with van der Waals surface area (Å²) < 4.78 is 33.5. The van der Waals surface area contributed by atoms with Gasteiger partial charge < -0.3 is 26.2 Å². The number of halogens is 2. The molecule has 5 N–H and O–H groups in total. The van der Waals surface area contributed by atoms with Crippen molar-refractivity contribution < 1.29 is 28.2 Å². The molecule has 2 amide bonds.